The van der Waals surface area contributed by atoms with Crippen LogP contribution in [0.4, 0.5) is 11.4 Å². The summed E-state index contributed by atoms with van der Waals surface area (Å²) in [4.78, 5) is 25.4. The van der Waals surface area contributed by atoms with Crippen LogP contribution in [0.5, 0.6) is 11.5 Å². The Hall–Kier alpha value is -3.80. The molecule has 0 spiro atoms. The monoisotopic (exact) mass is 418 g/mol. The van der Waals surface area contributed by atoms with E-state index in [0.717, 1.165) is 11.3 Å². The average molecular weight is 418 g/mol. The number of amides is 2. The molecule has 1 atom stereocenters. The van der Waals surface area contributed by atoms with E-state index >= 15 is 0 Å². The summed E-state index contributed by atoms with van der Waals surface area (Å²) in [6.07, 6.45) is -0.732. The van der Waals surface area contributed by atoms with Gasteiger partial charge in [-0.1, -0.05) is 29.8 Å². The van der Waals surface area contributed by atoms with Crippen LogP contribution in [0.1, 0.15) is 29.8 Å². The molecule has 0 aliphatic carbocycles. The number of anilines is 2. The minimum Gasteiger partial charge on any atom is -0.494 e. The number of hydrogen-bond acceptors (Lipinski definition) is 4. The second-order valence-electron chi connectivity index (χ2n) is 7.02. The molecule has 0 heterocycles. The van der Waals surface area contributed by atoms with Crippen LogP contribution in [0.2, 0.25) is 0 Å². The van der Waals surface area contributed by atoms with Crippen LogP contribution in [0.3, 0.4) is 0 Å². The molecule has 6 nitrogen and oxygen atoms in total. The zero-order chi connectivity index (χ0) is 22.2. The van der Waals surface area contributed by atoms with Crippen molar-refractivity contribution in [1.29, 1.82) is 0 Å². The molecule has 3 aromatic carbocycles. The Morgan fingerprint density at radius 2 is 1.52 bits per heavy atom. The number of para-hydroxylation sites is 1. The maximum atomic E-state index is 12.8. The van der Waals surface area contributed by atoms with E-state index in [4.69, 9.17) is 9.47 Å². The average Bonchev–Trinajstić information content (AvgIpc) is 2.77. The fourth-order valence-electron chi connectivity index (χ4n) is 2.90. The quantitative estimate of drug-likeness (QED) is 0.537. The Kier molecular flexibility index (Phi) is 7.27. The van der Waals surface area contributed by atoms with E-state index < -0.39 is 6.10 Å². The lowest BCUT2D eigenvalue weighted by Crippen LogP contribution is -2.31. The van der Waals surface area contributed by atoms with Gasteiger partial charge >= 0.3 is 0 Å². The van der Waals surface area contributed by atoms with Crippen molar-refractivity contribution in [3.63, 3.8) is 0 Å². The number of carbonyl (C=O) groups is 2. The largest absolute Gasteiger partial charge is 0.494 e. The lowest BCUT2D eigenvalue weighted by Gasteiger charge is -2.16. The van der Waals surface area contributed by atoms with Crippen molar-refractivity contribution in [1.82, 2.24) is 0 Å². The molecule has 0 aromatic heterocycles. The molecule has 2 amide bonds. The Morgan fingerprint density at radius 1 is 0.871 bits per heavy atom. The van der Waals surface area contributed by atoms with E-state index in [1.165, 1.54) is 0 Å². The van der Waals surface area contributed by atoms with Crippen LogP contribution >= 0.6 is 0 Å². The molecule has 0 saturated heterocycles. The van der Waals surface area contributed by atoms with Crippen molar-refractivity contribution in [2.24, 2.45) is 0 Å². The van der Waals surface area contributed by atoms with E-state index in [9.17, 15) is 9.59 Å². The molecule has 0 fully saturated rings. The molecule has 3 aromatic rings. The van der Waals surface area contributed by atoms with Crippen molar-refractivity contribution in [3.05, 3.63) is 83.9 Å². The van der Waals surface area contributed by atoms with Crippen LogP contribution < -0.4 is 20.1 Å². The number of nitrogens with one attached hydrogen (secondary N) is 2. The van der Waals surface area contributed by atoms with Gasteiger partial charge in [0.05, 0.1) is 17.9 Å². The van der Waals surface area contributed by atoms with Crippen molar-refractivity contribution in [3.8, 4) is 11.5 Å². The number of carbonyl (C=O) groups excluding carboxylic acids is 2. The van der Waals surface area contributed by atoms with Crippen LogP contribution in [0, 0.1) is 6.92 Å². The van der Waals surface area contributed by atoms with Crippen LogP contribution in [-0.4, -0.2) is 24.5 Å². The minimum absolute atomic E-state index is 0.327. The zero-order valence-electron chi connectivity index (χ0n) is 17.8. The number of rotatable bonds is 8. The van der Waals surface area contributed by atoms with Gasteiger partial charge in [0.15, 0.2) is 6.10 Å². The molecule has 0 saturated carbocycles. The SMILES string of the molecule is CCOc1ccc(NC(=O)c2ccccc2NC(=O)C(C)Oc2ccc(C)cc2)cc1. The van der Waals surface area contributed by atoms with Gasteiger partial charge in [0, 0.05) is 5.69 Å². The first-order chi connectivity index (χ1) is 15.0. The molecule has 3 rings (SSSR count). The molecule has 0 aliphatic rings. The summed E-state index contributed by atoms with van der Waals surface area (Å²) >= 11 is 0. The summed E-state index contributed by atoms with van der Waals surface area (Å²) in [5, 5.41) is 5.63. The van der Waals surface area contributed by atoms with Crippen molar-refractivity contribution >= 4 is 23.2 Å². The maximum Gasteiger partial charge on any atom is 0.265 e. The van der Waals surface area contributed by atoms with Crippen molar-refractivity contribution in [2.45, 2.75) is 26.9 Å². The van der Waals surface area contributed by atoms with E-state index in [2.05, 4.69) is 10.6 Å². The van der Waals surface area contributed by atoms with Crippen molar-refractivity contribution < 1.29 is 19.1 Å². The molecule has 31 heavy (non-hydrogen) atoms. The molecule has 6 heteroatoms. The summed E-state index contributed by atoms with van der Waals surface area (Å²) in [6, 6.07) is 21.4. The van der Waals surface area contributed by atoms with E-state index in [-0.39, 0.29) is 11.8 Å². The predicted octanol–water partition coefficient (Wildman–Crippen LogP) is 5.05. The Balaban J connectivity index is 1.66. The molecular formula is C25H26N2O4. The van der Waals surface area contributed by atoms with E-state index in [1.807, 2.05) is 38.1 Å². The fourth-order valence-corrected chi connectivity index (χ4v) is 2.90. The lowest BCUT2D eigenvalue weighted by molar-refractivity contribution is -0.122. The Morgan fingerprint density at radius 3 is 2.19 bits per heavy atom. The summed E-state index contributed by atoms with van der Waals surface area (Å²) in [7, 11) is 0. The first kappa shape index (κ1) is 21.9. The van der Waals surface area contributed by atoms with Gasteiger partial charge in [-0.05, 0) is 69.3 Å². The number of aryl methyl sites for hydroxylation is 1. The Bertz CT molecular complexity index is 1030. The van der Waals surface area contributed by atoms with Gasteiger partial charge in [-0.25, -0.2) is 0 Å². The smallest absolute Gasteiger partial charge is 0.265 e. The summed E-state index contributed by atoms with van der Waals surface area (Å²) in [5.41, 5.74) is 2.50. The highest BCUT2D eigenvalue weighted by Crippen LogP contribution is 2.20. The minimum atomic E-state index is -0.732. The van der Waals surface area contributed by atoms with Gasteiger partial charge in [0.2, 0.25) is 0 Å². The van der Waals surface area contributed by atoms with Gasteiger partial charge in [-0.3, -0.25) is 9.59 Å². The third-order valence-corrected chi connectivity index (χ3v) is 4.56. The molecular weight excluding hydrogens is 392 g/mol. The van der Waals surface area contributed by atoms with Gasteiger partial charge in [-0.2, -0.15) is 0 Å². The van der Waals surface area contributed by atoms with Gasteiger partial charge in [-0.15, -0.1) is 0 Å². The standard InChI is InChI=1S/C25H26N2O4/c1-4-30-20-15-11-19(12-16-20)26-25(29)22-7-5-6-8-23(22)27-24(28)18(3)31-21-13-9-17(2)10-14-21/h5-16,18H,4H2,1-3H3,(H,26,29)(H,27,28). The molecule has 0 radical (unpaired) electrons. The summed E-state index contributed by atoms with van der Waals surface area (Å²) < 4.78 is 11.1. The van der Waals surface area contributed by atoms with Gasteiger partial charge < -0.3 is 20.1 Å². The van der Waals surface area contributed by atoms with Crippen LogP contribution in [0.15, 0.2) is 72.8 Å². The number of benzene rings is 3. The molecule has 0 bridgehead atoms. The summed E-state index contributed by atoms with van der Waals surface area (Å²) in [6.45, 7) is 6.13. The topological polar surface area (TPSA) is 76.7 Å². The van der Waals surface area contributed by atoms with Gasteiger partial charge in [0.25, 0.3) is 11.8 Å². The molecule has 0 aliphatic heterocycles. The number of hydrogen-bond donors (Lipinski definition) is 2. The predicted molar refractivity (Wildman–Crippen MR) is 122 cm³/mol. The first-order valence-corrected chi connectivity index (χ1v) is 10.1. The van der Waals surface area contributed by atoms with E-state index in [1.54, 1.807) is 55.5 Å². The molecule has 1 unspecified atom stereocenters. The van der Waals surface area contributed by atoms with Crippen LogP contribution in [0.25, 0.3) is 0 Å². The molecule has 160 valence electrons. The fraction of sp³-hybridized carbons (Fsp3) is 0.200. The highest BCUT2D eigenvalue weighted by Gasteiger charge is 2.18. The molecule has 2 N–H and O–H groups in total. The maximum absolute atomic E-state index is 12.8. The van der Waals surface area contributed by atoms with Crippen molar-refractivity contribution in [2.75, 3.05) is 17.2 Å². The third kappa shape index (κ3) is 6.09. The highest BCUT2D eigenvalue weighted by molar-refractivity contribution is 6.10. The zero-order valence-corrected chi connectivity index (χ0v) is 17.8. The third-order valence-electron chi connectivity index (χ3n) is 4.56. The second kappa shape index (κ2) is 10.3. The number of ether oxygens (including phenoxy) is 2. The highest BCUT2D eigenvalue weighted by atomic mass is 16.5. The van der Waals surface area contributed by atoms with Crippen LogP contribution in [-0.2, 0) is 4.79 Å². The Labute approximate surface area is 182 Å². The van der Waals surface area contributed by atoms with E-state index in [0.29, 0.717) is 29.3 Å². The lowest BCUT2D eigenvalue weighted by atomic mass is 10.1. The summed E-state index contributed by atoms with van der Waals surface area (Å²) in [5.74, 6) is 0.666. The normalized spacial score (nSPS) is 11.3. The van der Waals surface area contributed by atoms with Gasteiger partial charge in [0.1, 0.15) is 11.5 Å². The first-order valence-electron chi connectivity index (χ1n) is 10.1. The second-order valence-corrected chi connectivity index (χ2v) is 7.02.